The molecule has 0 bridgehead atoms. The zero-order valence-corrected chi connectivity index (χ0v) is 13.0. The zero-order valence-electron chi connectivity index (χ0n) is 12.2. The standard InChI is InChI=1S/C16H19N3OS/c1-2-19-6-3-4-16(11-19)9-12-8-13(10-18-14(12)20-16)15-17-5-7-21-15/h5,7-8,10H,2-4,6,9,11H2,1H3/t16-/m0/s1. The van der Waals surface area contributed by atoms with E-state index in [4.69, 9.17) is 4.74 Å². The fraction of sp³-hybridized carbons (Fsp3) is 0.500. The van der Waals surface area contributed by atoms with Gasteiger partial charge in [-0.2, -0.15) is 0 Å². The number of ether oxygens (including phenoxy) is 1. The van der Waals surface area contributed by atoms with E-state index in [0.29, 0.717) is 0 Å². The molecule has 1 atom stereocenters. The maximum atomic E-state index is 6.27. The van der Waals surface area contributed by atoms with Crippen molar-refractivity contribution in [1.82, 2.24) is 14.9 Å². The first kappa shape index (κ1) is 13.2. The fourth-order valence-corrected chi connectivity index (χ4v) is 4.10. The average Bonchev–Trinajstić information content (AvgIpc) is 3.13. The van der Waals surface area contributed by atoms with Gasteiger partial charge in [-0.3, -0.25) is 4.90 Å². The Morgan fingerprint density at radius 1 is 1.43 bits per heavy atom. The van der Waals surface area contributed by atoms with Gasteiger partial charge in [-0.1, -0.05) is 6.92 Å². The summed E-state index contributed by atoms with van der Waals surface area (Å²) in [4.78, 5) is 11.4. The number of pyridine rings is 1. The predicted molar refractivity (Wildman–Crippen MR) is 83.8 cm³/mol. The van der Waals surface area contributed by atoms with Gasteiger partial charge in [0.15, 0.2) is 0 Å². The van der Waals surface area contributed by atoms with E-state index in [1.54, 1.807) is 11.3 Å². The molecule has 2 aliphatic heterocycles. The first-order valence-electron chi connectivity index (χ1n) is 7.58. The molecule has 1 saturated heterocycles. The largest absolute Gasteiger partial charge is 0.469 e. The van der Waals surface area contributed by atoms with Crippen molar-refractivity contribution in [3.63, 3.8) is 0 Å². The van der Waals surface area contributed by atoms with Crippen molar-refractivity contribution in [3.05, 3.63) is 29.4 Å². The lowest BCUT2D eigenvalue weighted by molar-refractivity contribution is 0.00781. The van der Waals surface area contributed by atoms with E-state index in [2.05, 4.69) is 27.9 Å². The average molecular weight is 301 g/mol. The number of piperidine rings is 1. The molecule has 0 unspecified atom stereocenters. The number of rotatable bonds is 2. The first-order chi connectivity index (χ1) is 10.3. The lowest BCUT2D eigenvalue weighted by Gasteiger charge is -2.38. The van der Waals surface area contributed by atoms with Gasteiger partial charge < -0.3 is 4.74 Å². The monoisotopic (exact) mass is 301 g/mol. The van der Waals surface area contributed by atoms with Crippen LogP contribution in [0.4, 0.5) is 0 Å². The SMILES string of the molecule is CCN1CCC[C@]2(Cc3cc(-c4nccs4)cnc3O2)C1. The Labute approximate surface area is 128 Å². The Balaban J connectivity index is 1.62. The van der Waals surface area contributed by atoms with Crippen molar-refractivity contribution in [2.75, 3.05) is 19.6 Å². The molecular weight excluding hydrogens is 282 g/mol. The minimum Gasteiger partial charge on any atom is -0.469 e. The smallest absolute Gasteiger partial charge is 0.217 e. The third-order valence-electron chi connectivity index (χ3n) is 4.50. The van der Waals surface area contributed by atoms with Gasteiger partial charge in [-0.15, -0.1) is 11.3 Å². The van der Waals surface area contributed by atoms with Crippen LogP contribution in [0.25, 0.3) is 10.6 Å². The molecule has 4 heterocycles. The van der Waals surface area contributed by atoms with Gasteiger partial charge in [0.25, 0.3) is 0 Å². The topological polar surface area (TPSA) is 38.2 Å². The molecule has 2 aromatic heterocycles. The van der Waals surface area contributed by atoms with Crippen LogP contribution in [0, 0.1) is 0 Å². The number of fused-ring (bicyclic) bond motifs is 1. The van der Waals surface area contributed by atoms with Crippen LogP contribution in [0.15, 0.2) is 23.8 Å². The summed E-state index contributed by atoms with van der Waals surface area (Å²) in [7, 11) is 0. The van der Waals surface area contributed by atoms with Crippen LogP contribution in [-0.2, 0) is 6.42 Å². The number of thiazole rings is 1. The number of hydrogen-bond acceptors (Lipinski definition) is 5. The second-order valence-corrected chi connectivity index (χ2v) is 6.85. The molecule has 1 spiro atoms. The molecule has 5 heteroatoms. The quantitative estimate of drug-likeness (QED) is 0.854. The van der Waals surface area contributed by atoms with Gasteiger partial charge in [0.2, 0.25) is 5.88 Å². The minimum atomic E-state index is -0.0505. The summed E-state index contributed by atoms with van der Waals surface area (Å²) in [5.41, 5.74) is 2.29. The normalized spacial score (nSPS) is 25.0. The van der Waals surface area contributed by atoms with E-state index in [1.165, 1.54) is 18.5 Å². The second-order valence-electron chi connectivity index (χ2n) is 5.96. The Morgan fingerprint density at radius 2 is 2.38 bits per heavy atom. The van der Waals surface area contributed by atoms with Gasteiger partial charge in [0.1, 0.15) is 10.6 Å². The molecule has 110 valence electrons. The molecule has 0 N–H and O–H groups in total. The Hall–Kier alpha value is -1.46. The summed E-state index contributed by atoms with van der Waals surface area (Å²) in [6, 6.07) is 2.21. The summed E-state index contributed by atoms with van der Waals surface area (Å²) in [6.45, 7) is 5.53. The molecule has 0 radical (unpaired) electrons. The van der Waals surface area contributed by atoms with Crippen molar-refractivity contribution in [2.24, 2.45) is 0 Å². The van der Waals surface area contributed by atoms with Crippen molar-refractivity contribution in [3.8, 4) is 16.5 Å². The first-order valence-corrected chi connectivity index (χ1v) is 8.46. The Bertz CT molecular complexity index is 643. The Kier molecular flexibility index (Phi) is 3.19. The number of hydrogen-bond donors (Lipinski definition) is 0. The molecule has 0 aromatic carbocycles. The summed E-state index contributed by atoms with van der Waals surface area (Å²) >= 11 is 1.65. The molecule has 4 rings (SSSR count). The molecule has 2 aliphatic rings. The zero-order chi connectivity index (χ0) is 14.3. The highest BCUT2D eigenvalue weighted by Crippen LogP contribution is 2.40. The third kappa shape index (κ3) is 2.34. The molecule has 1 fully saturated rings. The highest BCUT2D eigenvalue weighted by atomic mass is 32.1. The van der Waals surface area contributed by atoms with E-state index in [1.807, 2.05) is 17.8 Å². The summed E-state index contributed by atoms with van der Waals surface area (Å²) in [5.74, 6) is 0.827. The van der Waals surface area contributed by atoms with Gasteiger partial charge in [0.05, 0.1) is 0 Å². The van der Waals surface area contributed by atoms with Crippen molar-refractivity contribution in [1.29, 1.82) is 0 Å². The molecule has 2 aromatic rings. The summed E-state index contributed by atoms with van der Waals surface area (Å²) in [6.07, 6.45) is 7.04. The third-order valence-corrected chi connectivity index (χ3v) is 5.32. The molecule has 0 aliphatic carbocycles. The molecule has 4 nitrogen and oxygen atoms in total. The van der Waals surface area contributed by atoms with E-state index < -0.39 is 0 Å². The predicted octanol–water partition coefficient (Wildman–Crippen LogP) is 2.99. The molecule has 21 heavy (non-hydrogen) atoms. The molecular formula is C16H19N3OS. The van der Waals surface area contributed by atoms with Crippen LogP contribution in [0.5, 0.6) is 5.88 Å². The minimum absolute atomic E-state index is 0.0505. The van der Waals surface area contributed by atoms with E-state index in [9.17, 15) is 0 Å². The van der Waals surface area contributed by atoms with Crippen LogP contribution in [0.1, 0.15) is 25.3 Å². The van der Waals surface area contributed by atoms with Crippen molar-refractivity contribution < 1.29 is 4.74 Å². The molecule has 0 saturated carbocycles. The van der Waals surface area contributed by atoms with Gasteiger partial charge in [0, 0.05) is 41.9 Å². The number of nitrogens with zero attached hydrogens (tertiary/aromatic N) is 3. The fourth-order valence-electron chi connectivity index (χ4n) is 3.48. The van der Waals surface area contributed by atoms with E-state index in [-0.39, 0.29) is 5.60 Å². The van der Waals surface area contributed by atoms with Crippen molar-refractivity contribution >= 4 is 11.3 Å². The highest BCUT2D eigenvalue weighted by molar-refractivity contribution is 7.13. The molecule has 0 amide bonds. The van der Waals surface area contributed by atoms with Crippen molar-refractivity contribution in [2.45, 2.75) is 31.8 Å². The van der Waals surface area contributed by atoms with Crippen LogP contribution in [0.3, 0.4) is 0 Å². The van der Waals surface area contributed by atoms with Gasteiger partial charge >= 0.3 is 0 Å². The van der Waals surface area contributed by atoms with Crippen LogP contribution in [0.2, 0.25) is 0 Å². The lowest BCUT2D eigenvalue weighted by atomic mass is 9.88. The van der Waals surface area contributed by atoms with E-state index >= 15 is 0 Å². The maximum absolute atomic E-state index is 6.27. The van der Waals surface area contributed by atoms with Gasteiger partial charge in [-0.05, 0) is 32.0 Å². The second kappa shape index (κ2) is 5.07. The van der Waals surface area contributed by atoms with Crippen LogP contribution in [-0.4, -0.2) is 40.1 Å². The van der Waals surface area contributed by atoms with Gasteiger partial charge in [-0.25, -0.2) is 9.97 Å². The number of likely N-dealkylation sites (tertiary alicyclic amines) is 1. The maximum Gasteiger partial charge on any atom is 0.217 e. The highest BCUT2D eigenvalue weighted by Gasteiger charge is 2.43. The number of aromatic nitrogens is 2. The lowest BCUT2D eigenvalue weighted by Crippen LogP contribution is -2.51. The van der Waals surface area contributed by atoms with Crippen LogP contribution >= 0.6 is 11.3 Å². The number of likely N-dealkylation sites (N-methyl/N-ethyl adjacent to an activating group) is 1. The van der Waals surface area contributed by atoms with Crippen LogP contribution < -0.4 is 4.74 Å². The summed E-state index contributed by atoms with van der Waals surface area (Å²) < 4.78 is 6.27. The Morgan fingerprint density at radius 3 is 3.19 bits per heavy atom. The summed E-state index contributed by atoms with van der Waals surface area (Å²) in [5, 5.41) is 3.03. The van der Waals surface area contributed by atoms with E-state index in [0.717, 1.165) is 42.4 Å².